The van der Waals surface area contributed by atoms with E-state index in [0.29, 0.717) is 0 Å². The first-order valence-electron chi connectivity index (χ1n) is 3.00. The van der Waals surface area contributed by atoms with E-state index in [-0.39, 0.29) is 8.41 Å². The quantitative estimate of drug-likeness (QED) is 0.411. The Balaban J connectivity index is -0.00000000900. The third kappa shape index (κ3) is 23800. The predicted octanol–water partition coefficient (Wildman–Crippen LogP) is 2.70. The number of rotatable bonds is 0. The minimum absolute atomic E-state index is 0. The van der Waals surface area contributed by atoms with Crippen LogP contribution in [0, 0.1) is 0 Å². The summed E-state index contributed by atoms with van der Waals surface area (Å²) in [5.74, 6) is 0. The highest BCUT2D eigenvalue weighted by molar-refractivity contribution is 5.75. The van der Waals surface area contributed by atoms with E-state index in [2.05, 4.69) is 0 Å². The zero-order chi connectivity index (χ0) is 6.00. The minimum atomic E-state index is 0. The summed E-state index contributed by atoms with van der Waals surface area (Å²) >= 11 is 0. The fourth-order valence-electron chi connectivity index (χ4n) is 0. The molecule has 0 N–H and O–H groups in total. The molecule has 0 aliphatic carbocycles. The Kier molecular flexibility index (Phi) is 146000. The normalized spacial score (nSPS) is 2.57. The molecule has 0 saturated carbocycles. The second-order valence-electron chi connectivity index (χ2n) is 0. The van der Waals surface area contributed by atoms with Gasteiger partial charge in [-0.2, -0.15) is 0 Å². The molecule has 0 aromatic heterocycles. The van der Waals surface area contributed by atoms with Crippen molar-refractivity contribution in [1.82, 2.24) is 0 Å². The molecule has 0 amide bonds. The topological polar surface area (TPSA) is 0 Å². The van der Waals surface area contributed by atoms with Crippen molar-refractivity contribution in [2.75, 3.05) is 0 Å². The molecule has 45 valence electrons. The molecule has 0 nitrogen and oxygen atoms in total. The summed E-state index contributed by atoms with van der Waals surface area (Å²) in [6.45, 7) is 12.0. The Bertz CT molecular complexity index is 4.14. The summed E-state index contributed by atoms with van der Waals surface area (Å²) in [7, 11) is 0. The summed E-state index contributed by atoms with van der Waals surface area (Å²) in [5.41, 5.74) is 0. The molecule has 0 aromatic rings. The molecule has 0 fully saturated rings. The molecule has 0 bridgehead atoms. The standard InChI is InChI=1S/3C2H6.B/c3*1-2;/h3*1-2H3;. The summed E-state index contributed by atoms with van der Waals surface area (Å²) in [5, 5.41) is 0. The van der Waals surface area contributed by atoms with Crippen LogP contribution in [0.25, 0.3) is 0 Å². The first-order chi connectivity index (χ1) is 3.00. The van der Waals surface area contributed by atoms with Gasteiger partial charge in [0.05, 0.1) is 0 Å². The zero-order valence-corrected chi connectivity index (χ0v) is 6.58. The molecule has 3 radical (unpaired) electrons. The van der Waals surface area contributed by atoms with Crippen molar-refractivity contribution >= 4 is 8.41 Å². The fraction of sp³-hybridized carbons (Fsp3) is 1.00. The van der Waals surface area contributed by atoms with Gasteiger partial charge in [-0.3, -0.25) is 0 Å². The lowest BCUT2D eigenvalue weighted by molar-refractivity contribution is 1.50. The average Bonchev–Trinajstić information content (AvgIpc) is 1.81. The van der Waals surface area contributed by atoms with Gasteiger partial charge in [0.15, 0.2) is 0 Å². The van der Waals surface area contributed by atoms with Crippen molar-refractivity contribution < 1.29 is 0 Å². The average molecular weight is 101 g/mol. The monoisotopic (exact) mass is 101 g/mol. The second kappa shape index (κ2) is 36900. The summed E-state index contributed by atoms with van der Waals surface area (Å²) in [6.07, 6.45) is 0. The van der Waals surface area contributed by atoms with E-state index in [0.717, 1.165) is 0 Å². The highest BCUT2D eigenvalue weighted by atomic mass is 13.0. The van der Waals surface area contributed by atoms with E-state index >= 15 is 0 Å². The van der Waals surface area contributed by atoms with Crippen LogP contribution in [0.2, 0.25) is 0 Å². The van der Waals surface area contributed by atoms with Gasteiger partial charge in [0.2, 0.25) is 0 Å². The molecule has 0 rings (SSSR count). The van der Waals surface area contributed by atoms with Gasteiger partial charge in [-0.05, 0) is 0 Å². The Morgan fingerprint density at radius 2 is 0.429 bits per heavy atom. The molecule has 0 atom stereocenters. The molecular formula is C6H18B. The first kappa shape index (κ1) is 27.7. The van der Waals surface area contributed by atoms with Crippen molar-refractivity contribution in [3.63, 3.8) is 0 Å². The van der Waals surface area contributed by atoms with Gasteiger partial charge in [0.1, 0.15) is 0 Å². The van der Waals surface area contributed by atoms with Crippen LogP contribution >= 0.6 is 0 Å². The molecular weight excluding hydrogens is 82.9 g/mol. The summed E-state index contributed by atoms with van der Waals surface area (Å²) in [4.78, 5) is 0. The molecule has 0 aromatic carbocycles. The molecule has 0 aliphatic rings. The van der Waals surface area contributed by atoms with Crippen LogP contribution in [0.3, 0.4) is 0 Å². The van der Waals surface area contributed by atoms with Crippen molar-refractivity contribution in [1.29, 1.82) is 0 Å². The van der Waals surface area contributed by atoms with E-state index in [9.17, 15) is 0 Å². The Morgan fingerprint density at radius 3 is 0.429 bits per heavy atom. The lowest BCUT2D eigenvalue weighted by Crippen LogP contribution is -0.856. The Labute approximate surface area is 50.9 Å². The van der Waals surface area contributed by atoms with Crippen molar-refractivity contribution in [2.45, 2.75) is 41.5 Å². The van der Waals surface area contributed by atoms with Gasteiger partial charge in [-0.25, -0.2) is 0 Å². The minimum Gasteiger partial charge on any atom is -0.0683 e. The smallest absolute Gasteiger partial charge is 0 e. The second-order valence-corrected chi connectivity index (χ2v) is 0. The van der Waals surface area contributed by atoms with Crippen LogP contribution in [0.15, 0.2) is 0 Å². The first-order valence-corrected chi connectivity index (χ1v) is 3.00. The maximum atomic E-state index is 2.00. The Hall–Kier alpha value is 0.0649. The van der Waals surface area contributed by atoms with Crippen molar-refractivity contribution in [3.8, 4) is 0 Å². The number of hydrogen-bond acceptors (Lipinski definition) is 0. The van der Waals surface area contributed by atoms with Crippen LogP contribution in [0.4, 0.5) is 0 Å². The van der Waals surface area contributed by atoms with E-state index in [4.69, 9.17) is 0 Å². The van der Waals surface area contributed by atoms with E-state index < -0.39 is 0 Å². The molecule has 0 aliphatic heterocycles. The van der Waals surface area contributed by atoms with Crippen LogP contribution < -0.4 is 0 Å². The van der Waals surface area contributed by atoms with Crippen molar-refractivity contribution in [2.24, 2.45) is 0 Å². The summed E-state index contributed by atoms with van der Waals surface area (Å²) in [6, 6.07) is 0. The molecule has 0 heterocycles. The Morgan fingerprint density at radius 1 is 0.429 bits per heavy atom. The van der Waals surface area contributed by atoms with Gasteiger partial charge in [0, 0.05) is 8.41 Å². The van der Waals surface area contributed by atoms with Gasteiger partial charge < -0.3 is 0 Å². The van der Waals surface area contributed by atoms with Gasteiger partial charge in [-0.15, -0.1) is 0 Å². The van der Waals surface area contributed by atoms with Crippen LogP contribution in [-0.2, 0) is 0 Å². The van der Waals surface area contributed by atoms with Gasteiger partial charge in [-0.1, -0.05) is 41.5 Å². The SMILES string of the molecule is CC.CC.CC.[B]. The van der Waals surface area contributed by atoms with E-state index in [1.54, 1.807) is 0 Å². The number of hydrogen-bond donors (Lipinski definition) is 0. The maximum absolute atomic E-state index is 2.00. The third-order valence-electron chi connectivity index (χ3n) is 0. The molecule has 7 heavy (non-hydrogen) atoms. The fourth-order valence-corrected chi connectivity index (χ4v) is 0. The molecule has 0 spiro atoms. The predicted molar refractivity (Wildman–Crippen MR) is 39.8 cm³/mol. The molecule has 1 heteroatoms. The highest BCUT2D eigenvalue weighted by Crippen LogP contribution is 1.15. The van der Waals surface area contributed by atoms with Crippen LogP contribution in [0.5, 0.6) is 0 Å². The lowest BCUT2D eigenvalue weighted by atomic mass is 10.8. The van der Waals surface area contributed by atoms with Gasteiger partial charge >= 0.3 is 0 Å². The van der Waals surface area contributed by atoms with Crippen LogP contribution in [-0.4, -0.2) is 8.41 Å². The summed E-state index contributed by atoms with van der Waals surface area (Å²) < 4.78 is 0. The molecule has 0 saturated heterocycles. The zero-order valence-electron chi connectivity index (χ0n) is 6.58. The maximum Gasteiger partial charge on any atom is 0 e. The van der Waals surface area contributed by atoms with Crippen molar-refractivity contribution in [3.05, 3.63) is 0 Å². The van der Waals surface area contributed by atoms with Crippen LogP contribution in [0.1, 0.15) is 41.5 Å². The van der Waals surface area contributed by atoms with E-state index in [1.807, 2.05) is 41.5 Å². The largest absolute Gasteiger partial charge is 0.0683 e. The molecule has 0 unspecified atom stereocenters. The highest BCUT2D eigenvalue weighted by Gasteiger charge is 0.936. The third-order valence-corrected chi connectivity index (χ3v) is 0. The van der Waals surface area contributed by atoms with E-state index in [1.165, 1.54) is 0 Å². The lowest BCUT2D eigenvalue weighted by Gasteiger charge is -1.07. The van der Waals surface area contributed by atoms with Gasteiger partial charge in [0.25, 0.3) is 0 Å².